The summed E-state index contributed by atoms with van der Waals surface area (Å²) in [7, 11) is 0. The van der Waals surface area contributed by atoms with Gasteiger partial charge in [0.2, 0.25) is 0 Å². The molecule has 2 aromatic carbocycles. The van der Waals surface area contributed by atoms with Gasteiger partial charge in [-0.2, -0.15) is 0 Å². The van der Waals surface area contributed by atoms with Crippen LogP contribution in [0.3, 0.4) is 0 Å². The number of benzene rings is 2. The van der Waals surface area contributed by atoms with Crippen molar-refractivity contribution in [1.29, 1.82) is 0 Å². The monoisotopic (exact) mass is 354 g/mol. The van der Waals surface area contributed by atoms with Crippen molar-refractivity contribution < 1.29 is 8.78 Å². The summed E-state index contributed by atoms with van der Waals surface area (Å²) in [5.41, 5.74) is 1.11. The fourth-order valence-electron chi connectivity index (χ4n) is 2.27. The molecule has 0 saturated carbocycles. The van der Waals surface area contributed by atoms with Crippen LogP contribution in [0.15, 0.2) is 64.6 Å². The van der Waals surface area contributed by atoms with Gasteiger partial charge in [-0.05, 0) is 60.7 Å². The molecule has 1 N–H and O–H groups in total. The van der Waals surface area contributed by atoms with Crippen molar-refractivity contribution in [1.82, 2.24) is 4.72 Å². The molecule has 126 valence electrons. The van der Waals surface area contributed by atoms with Crippen molar-refractivity contribution in [3.63, 3.8) is 0 Å². The lowest BCUT2D eigenvalue weighted by Crippen LogP contribution is -2.16. The summed E-state index contributed by atoms with van der Waals surface area (Å²) >= 11 is 1.57. The van der Waals surface area contributed by atoms with E-state index < -0.39 is 11.6 Å². The first kappa shape index (κ1) is 17.4. The summed E-state index contributed by atoms with van der Waals surface area (Å²) in [6, 6.07) is 11.0. The minimum atomic E-state index is -0.624. The Morgan fingerprint density at radius 1 is 1.04 bits per heavy atom. The number of nitrogens with one attached hydrogen (secondary N) is 1. The van der Waals surface area contributed by atoms with Gasteiger partial charge in [0.05, 0.1) is 0 Å². The molecule has 0 radical (unpaired) electrons. The summed E-state index contributed by atoms with van der Waals surface area (Å²) in [6.07, 6.45) is 6.81. The van der Waals surface area contributed by atoms with E-state index in [-0.39, 0.29) is 0 Å². The Kier molecular flexibility index (Phi) is 5.99. The molecule has 2 nitrogen and oxygen atoms in total. The average molecular weight is 354 g/mol. The molecule has 1 aliphatic rings. The highest BCUT2D eigenvalue weighted by Crippen LogP contribution is 2.17. The Balaban J connectivity index is 1.54. The van der Waals surface area contributed by atoms with E-state index in [1.165, 1.54) is 12.1 Å². The number of nitrogens with zero attached hydrogens (tertiary/aromatic N) is 1. The molecule has 5 heteroatoms. The molecule has 0 aliphatic carbocycles. The van der Waals surface area contributed by atoms with Gasteiger partial charge >= 0.3 is 0 Å². The molecule has 0 spiro atoms. The molecule has 2 aromatic rings. The van der Waals surface area contributed by atoms with Crippen LogP contribution in [0.5, 0.6) is 0 Å². The molecular weight excluding hydrogens is 338 g/mol. The molecule has 0 amide bonds. The first-order valence-electron chi connectivity index (χ1n) is 7.85. The molecule has 0 saturated heterocycles. The molecule has 0 bridgehead atoms. The number of rotatable bonds is 4. The predicted molar refractivity (Wildman–Crippen MR) is 98.4 cm³/mol. The largest absolute Gasteiger partial charge is 0.269 e. The molecule has 1 atom stereocenters. The minimum Gasteiger partial charge on any atom is -0.269 e. The molecule has 1 aliphatic heterocycles. The summed E-state index contributed by atoms with van der Waals surface area (Å²) in [5, 5.41) is 0. The van der Waals surface area contributed by atoms with Gasteiger partial charge in [0.15, 0.2) is 0 Å². The van der Waals surface area contributed by atoms with E-state index in [4.69, 9.17) is 0 Å². The van der Waals surface area contributed by atoms with Gasteiger partial charge in [0.1, 0.15) is 11.6 Å². The predicted octanol–water partition coefficient (Wildman–Crippen LogP) is 4.57. The lowest BCUT2D eigenvalue weighted by atomic mass is 10.1. The van der Waals surface area contributed by atoms with Crippen molar-refractivity contribution >= 4 is 18.2 Å². The summed E-state index contributed by atoms with van der Waals surface area (Å²) in [4.78, 5) is 5.14. The molecule has 25 heavy (non-hydrogen) atoms. The topological polar surface area (TPSA) is 24.4 Å². The third kappa shape index (κ3) is 5.56. The average Bonchev–Trinajstić information content (AvgIpc) is 2.61. The summed E-state index contributed by atoms with van der Waals surface area (Å²) < 4.78 is 29.6. The molecule has 3 rings (SSSR count). The Hall–Kier alpha value is -2.42. The van der Waals surface area contributed by atoms with Gasteiger partial charge in [0.25, 0.3) is 0 Å². The van der Waals surface area contributed by atoms with Gasteiger partial charge in [-0.1, -0.05) is 17.9 Å². The van der Waals surface area contributed by atoms with Crippen LogP contribution in [-0.2, 0) is 0 Å². The first-order valence-corrected chi connectivity index (χ1v) is 8.67. The molecule has 0 fully saturated rings. The van der Waals surface area contributed by atoms with Crippen LogP contribution in [0.4, 0.5) is 8.78 Å². The second-order valence-electron chi connectivity index (χ2n) is 5.55. The van der Waals surface area contributed by atoms with Gasteiger partial charge in [0, 0.05) is 41.0 Å². The van der Waals surface area contributed by atoms with Crippen LogP contribution in [0, 0.1) is 29.4 Å². The van der Waals surface area contributed by atoms with E-state index in [9.17, 15) is 8.78 Å². The Morgan fingerprint density at radius 3 is 2.44 bits per heavy atom. The smallest absolute Gasteiger partial charge is 0.127 e. The number of hydrogen-bond donors (Lipinski definition) is 1. The van der Waals surface area contributed by atoms with E-state index in [2.05, 4.69) is 27.6 Å². The number of halogens is 2. The first-order chi connectivity index (χ1) is 12.2. The van der Waals surface area contributed by atoms with Crippen LogP contribution in [0.1, 0.15) is 17.5 Å². The zero-order valence-corrected chi connectivity index (χ0v) is 14.2. The van der Waals surface area contributed by atoms with Crippen LogP contribution >= 0.6 is 11.9 Å². The van der Waals surface area contributed by atoms with Gasteiger partial charge in [-0.15, -0.1) is 0 Å². The van der Waals surface area contributed by atoms with E-state index >= 15 is 0 Å². The van der Waals surface area contributed by atoms with E-state index in [0.717, 1.165) is 29.5 Å². The highest BCUT2D eigenvalue weighted by atomic mass is 32.2. The van der Waals surface area contributed by atoms with Crippen LogP contribution < -0.4 is 4.72 Å². The number of aliphatic imine (C=N–C) groups is 1. The van der Waals surface area contributed by atoms with Gasteiger partial charge in [-0.3, -0.25) is 9.71 Å². The third-order valence-corrected chi connectivity index (χ3v) is 4.38. The SMILES string of the molecule is Fc1cc(F)cc(C#Cc2ccc(SNCC3C=CN=CC3)cc2)c1. The maximum Gasteiger partial charge on any atom is 0.127 e. The maximum atomic E-state index is 13.1. The van der Waals surface area contributed by atoms with Crippen LogP contribution in [0.2, 0.25) is 0 Å². The fourth-order valence-corrected chi connectivity index (χ4v) is 3.00. The van der Waals surface area contributed by atoms with Crippen molar-refractivity contribution in [3.05, 3.63) is 77.5 Å². The Bertz CT molecular complexity index is 828. The summed E-state index contributed by atoms with van der Waals surface area (Å²) in [5.74, 6) is 4.92. The Morgan fingerprint density at radius 2 is 1.76 bits per heavy atom. The van der Waals surface area contributed by atoms with Crippen molar-refractivity contribution in [3.8, 4) is 11.8 Å². The highest BCUT2D eigenvalue weighted by molar-refractivity contribution is 7.97. The zero-order valence-electron chi connectivity index (χ0n) is 13.4. The molecular formula is C20H16F2N2S. The van der Waals surface area contributed by atoms with E-state index in [1.807, 2.05) is 36.7 Å². The second-order valence-corrected chi connectivity index (χ2v) is 6.52. The highest BCUT2D eigenvalue weighted by Gasteiger charge is 2.05. The molecule has 1 unspecified atom stereocenters. The minimum absolute atomic E-state index is 0.321. The van der Waals surface area contributed by atoms with Gasteiger partial charge < -0.3 is 0 Å². The molecule has 0 aromatic heterocycles. The van der Waals surface area contributed by atoms with Crippen LogP contribution in [0.25, 0.3) is 0 Å². The summed E-state index contributed by atoms with van der Waals surface area (Å²) in [6.45, 7) is 0.875. The Labute approximate surface area is 150 Å². The maximum absolute atomic E-state index is 13.1. The second kappa shape index (κ2) is 8.61. The lowest BCUT2D eigenvalue weighted by molar-refractivity contribution is 0.582. The standard InChI is InChI=1S/C20H16F2N2S/c21-18-11-17(12-19(22)13-18)2-1-15-3-5-20(6-4-15)25-24-14-16-7-9-23-10-8-16/h3-7,9-13,16,24H,8,14H2. The van der Waals surface area contributed by atoms with Gasteiger partial charge in [-0.25, -0.2) is 8.78 Å². The third-order valence-electron chi connectivity index (χ3n) is 3.56. The number of hydrogen-bond acceptors (Lipinski definition) is 3. The zero-order chi connectivity index (χ0) is 17.5. The normalized spacial score (nSPS) is 15.7. The fraction of sp³-hybridized carbons (Fsp3) is 0.150. The van der Waals surface area contributed by atoms with Crippen molar-refractivity contribution in [2.24, 2.45) is 10.9 Å². The van der Waals surface area contributed by atoms with Crippen molar-refractivity contribution in [2.75, 3.05) is 6.54 Å². The quantitative estimate of drug-likeness (QED) is 0.643. The lowest BCUT2D eigenvalue weighted by Gasteiger charge is -2.12. The van der Waals surface area contributed by atoms with E-state index in [1.54, 1.807) is 11.9 Å². The van der Waals surface area contributed by atoms with Crippen molar-refractivity contribution in [2.45, 2.75) is 11.3 Å². The van der Waals surface area contributed by atoms with Crippen LogP contribution in [-0.4, -0.2) is 12.8 Å². The van der Waals surface area contributed by atoms with E-state index in [0.29, 0.717) is 11.5 Å². The molecule has 1 heterocycles.